The lowest BCUT2D eigenvalue weighted by Crippen LogP contribution is -2.10. The first-order valence-electron chi connectivity index (χ1n) is 6.16. The van der Waals surface area contributed by atoms with E-state index >= 15 is 0 Å². The molecule has 21 heavy (non-hydrogen) atoms. The van der Waals surface area contributed by atoms with Gasteiger partial charge in [-0.15, -0.1) is 0 Å². The number of fused-ring (bicyclic) bond motifs is 1. The van der Waals surface area contributed by atoms with Crippen molar-refractivity contribution in [3.63, 3.8) is 0 Å². The minimum Gasteiger partial charge on any atom is -0.481 e. The summed E-state index contributed by atoms with van der Waals surface area (Å²) >= 11 is 0.985. The molecule has 0 fully saturated rings. The van der Waals surface area contributed by atoms with Crippen molar-refractivity contribution in [2.75, 3.05) is 5.75 Å². The molecule has 0 saturated heterocycles. The van der Waals surface area contributed by atoms with Crippen LogP contribution in [0.15, 0.2) is 46.5 Å². The number of carbonyl (C=O) groups is 1. The van der Waals surface area contributed by atoms with Crippen LogP contribution in [0.1, 0.15) is 0 Å². The molecule has 0 amide bonds. The van der Waals surface area contributed by atoms with E-state index in [9.17, 15) is 9.59 Å². The van der Waals surface area contributed by atoms with Crippen LogP contribution in [0.5, 0.6) is 0 Å². The Bertz CT molecular complexity index is 855. The number of nitrogens with zero attached hydrogens (tertiary/aromatic N) is 1. The highest BCUT2D eigenvalue weighted by atomic mass is 32.2. The Hall–Kier alpha value is -2.54. The van der Waals surface area contributed by atoms with Crippen molar-refractivity contribution in [1.82, 2.24) is 15.0 Å². The Morgan fingerprint density at radius 1 is 1.29 bits per heavy atom. The zero-order valence-corrected chi connectivity index (χ0v) is 11.6. The molecule has 2 aromatic heterocycles. The lowest BCUT2D eigenvalue weighted by atomic mass is 10.1. The third kappa shape index (κ3) is 2.68. The van der Waals surface area contributed by atoms with Crippen LogP contribution in [0.3, 0.4) is 0 Å². The first-order valence-corrected chi connectivity index (χ1v) is 7.15. The average molecular weight is 301 g/mol. The fraction of sp³-hybridized carbons (Fsp3) is 0.0714. The Kier molecular flexibility index (Phi) is 3.49. The Morgan fingerprint density at radius 2 is 2.05 bits per heavy atom. The van der Waals surface area contributed by atoms with E-state index in [0.29, 0.717) is 16.2 Å². The molecule has 1 aromatic carbocycles. The number of carboxylic acid groups (broad SMARTS) is 1. The molecule has 7 heteroatoms. The topological polar surface area (TPSA) is 98.8 Å². The number of nitrogens with one attached hydrogen (secondary N) is 2. The molecule has 2 heterocycles. The van der Waals surface area contributed by atoms with Crippen LogP contribution >= 0.6 is 11.8 Å². The molecule has 0 unspecified atom stereocenters. The quantitative estimate of drug-likeness (QED) is 0.506. The standard InChI is InChI=1S/C14H11N3O3S/c18-10(19)7-21-14-16-11-9(8-4-2-1-3-5-8)6-15-12(11)13(20)17-14/h1-6,15H,7H2,(H,18,19)(H,16,17,20). The second-order valence-electron chi connectivity index (χ2n) is 4.35. The van der Waals surface area contributed by atoms with Crippen LogP contribution in [0, 0.1) is 0 Å². The van der Waals surface area contributed by atoms with Crippen molar-refractivity contribution >= 4 is 28.8 Å². The predicted octanol–water partition coefficient (Wildman–Crippen LogP) is 2.09. The second kappa shape index (κ2) is 5.45. The Labute approximate surface area is 123 Å². The summed E-state index contributed by atoms with van der Waals surface area (Å²) in [4.78, 5) is 32.5. The van der Waals surface area contributed by atoms with Gasteiger partial charge in [0.1, 0.15) is 11.0 Å². The maximum Gasteiger partial charge on any atom is 0.313 e. The first-order chi connectivity index (χ1) is 10.1. The average Bonchev–Trinajstić information content (AvgIpc) is 2.90. The van der Waals surface area contributed by atoms with Gasteiger partial charge in [0.15, 0.2) is 5.16 Å². The van der Waals surface area contributed by atoms with Crippen LogP contribution in [0.4, 0.5) is 0 Å². The van der Waals surface area contributed by atoms with Gasteiger partial charge in [-0.3, -0.25) is 14.6 Å². The molecule has 0 radical (unpaired) electrons. The Morgan fingerprint density at radius 3 is 2.76 bits per heavy atom. The lowest BCUT2D eigenvalue weighted by molar-refractivity contribution is -0.133. The number of H-pyrrole nitrogens is 2. The summed E-state index contributed by atoms with van der Waals surface area (Å²) in [6.07, 6.45) is 1.73. The van der Waals surface area contributed by atoms with E-state index in [0.717, 1.165) is 22.9 Å². The number of rotatable bonds is 4. The highest BCUT2D eigenvalue weighted by molar-refractivity contribution is 7.99. The summed E-state index contributed by atoms with van der Waals surface area (Å²) < 4.78 is 0. The van der Waals surface area contributed by atoms with E-state index in [-0.39, 0.29) is 11.3 Å². The molecule has 0 aliphatic carbocycles. The number of aromatic nitrogens is 3. The van der Waals surface area contributed by atoms with Gasteiger partial charge >= 0.3 is 5.97 Å². The number of aliphatic carboxylic acids is 1. The maximum atomic E-state index is 12.0. The van der Waals surface area contributed by atoms with Gasteiger partial charge in [-0.25, -0.2) is 4.98 Å². The molecular formula is C14H11N3O3S. The van der Waals surface area contributed by atoms with Crippen molar-refractivity contribution in [2.45, 2.75) is 5.16 Å². The van der Waals surface area contributed by atoms with Crippen LogP contribution in [0.25, 0.3) is 22.2 Å². The first kappa shape index (κ1) is 13.4. The molecule has 106 valence electrons. The smallest absolute Gasteiger partial charge is 0.313 e. The van der Waals surface area contributed by atoms with Gasteiger partial charge in [0, 0.05) is 11.8 Å². The van der Waals surface area contributed by atoms with E-state index in [1.54, 1.807) is 6.20 Å². The van der Waals surface area contributed by atoms with Crippen molar-refractivity contribution in [1.29, 1.82) is 0 Å². The fourth-order valence-electron chi connectivity index (χ4n) is 2.03. The van der Waals surface area contributed by atoms with E-state index in [4.69, 9.17) is 5.11 Å². The molecule has 0 bridgehead atoms. The molecule has 3 aromatic rings. The summed E-state index contributed by atoms with van der Waals surface area (Å²) in [5.41, 5.74) is 2.37. The summed E-state index contributed by atoms with van der Waals surface area (Å²) in [7, 11) is 0. The Balaban J connectivity index is 2.11. The van der Waals surface area contributed by atoms with E-state index in [1.807, 2.05) is 30.3 Å². The molecule has 3 N–H and O–H groups in total. The van der Waals surface area contributed by atoms with Gasteiger partial charge < -0.3 is 10.1 Å². The van der Waals surface area contributed by atoms with Crippen molar-refractivity contribution in [3.8, 4) is 11.1 Å². The van der Waals surface area contributed by atoms with Crippen molar-refractivity contribution < 1.29 is 9.90 Å². The lowest BCUT2D eigenvalue weighted by Gasteiger charge is -2.01. The number of benzene rings is 1. The highest BCUT2D eigenvalue weighted by Gasteiger charge is 2.12. The van der Waals surface area contributed by atoms with Crippen LogP contribution < -0.4 is 5.56 Å². The third-order valence-corrected chi connectivity index (χ3v) is 3.79. The number of hydrogen-bond donors (Lipinski definition) is 3. The minimum atomic E-state index is -0.958. The molecule has 0 aliphatic rings. The normalized spacial score (nSPS) is 10.9. The predicted molar refractivity (Wildman–Crippen MR) is 80.5 cm³/mol. The minimum absolute atomic E-state index is 0.153. The molecular weight excluding hydrogens is 290 g/mol. The largest absolute Gasteiger partial charge is 0.481 e. The highest BCUT2D eigenvalue weighted by Crippen LogP contribution is 2.26. The molecule has 6 nitrogen and oxygen atoms in total. The molecule has 0 atom stereocenters. The summed E-state index contributed by atoms with van der Waals surface area (Å²) in [5, 5.41) is 9.00. The summed E-state index contributed by atoms with van der Waals surface area (Å²) in [6, 6.07) is 9.57. The van der Waals surface area contributed by atoms with Crippen LogP contribution in [-0.4, -0.2) is 31.8 Å². The monoisotopic (exact) mass is 301 g/mol. The van der Waals surface area contributed by atoms with Gasteiger partial charge in [-0.05, 0) is 5.56 Å². The fourth-order valence-corrected chi connectivity index (χ4v) is 2.61. The van der Waals surface area contributed by atoms with E-state index in [1.165, 1.54) is 0 Å². The zero-order chi connectivity index (χ0) is 14.8. The van der Waals surface area contributed by atoms with Gasteiger partial charge in [-0.1, -0.05) is 42.1 Å². The number of thioether (sulfide) groups is 1. The van der Waals surface area contributed by atoms with Crippen molar-refractivity contribution in [2.24, 2.45) is 0 Å². The van der Waals surface area contributed by atoms with E-state index in [2.05, 4.69) is 15.0 Å². The van der Waals surface area contributed by atoms with E-state index < -0.39 is 5.97 Å². The van der Waals surface area contributed by atoms with Crippen molar-refractivity contribution in [3.05, 3.63) is 46.9 Å². The maximum absolute atomic E-state index is 12.0. The van der Waals surface area contributed by atoms with Gasteiger partial charge in [-0.2, -0.15) is 0 Å². The third-order valence-electron chi connectivity index (χ3n) is 2.93. The number of carboxylic acids is 1. The summed E-state index contributed by atoms with van der Waals surface area (Å²) in [5.74, 6) is -1.11. The zero-order valence-electron chi connectivity index (χ0n) is 10.8. The SMILES string of the molecule is O=C(O)CSc1nc2c(-c3ccccc3)c[nH]c2c(=O)[nH]1. The molecule has 0 spiro atoms. The van der Waals surface area contributed by atoms with Crippen LogP contribution in [0.2, 0.25) is 0 Å². The van der Waals surface area contributed by atoms with Gasteiger partial charge in [0.25, 0.3) is 5.56 Å². The summed E-state index contributed by atoms with van der Waals surface area (Å²) in [6.45, 7) is 0. The molecule has 3 rings (SSSR count). The number of hydrogen-bond acceptors (Lipinski definition) is 4. The number of aromatic amines is 2. The van der Waals surface area contributed by atoms with Gasteiger partial charge in [0.2, 0.25) is 0 Å². The molecule has 0 aliphatic heterocycles. The van der Waals surface area contributed by atoms with Gasteiger partial charge in [0.05, 0.1) is 5.75 Å². The van der Waals surface area contributed by atoms with Crippen LogP contribution in [-0.2, 0) is 4.79 Å². The second-order valence-corrected chi connectivity index (χ2v) is 5.31. The molecule has 0 saturated carbocycles.